The van der Waals surface area contributed by atoms with Crippen LogP contribution in [0.3, 0.4) is 0 Å². The van der Waals surface area contributed by atoms with Crippen LogP contribution in [0.15, 0.2) is 12.2 Å². The Kier molecular flexibility index (Phi) is 9.00. The number of nitrogens with zero attached hydrogens (tertiary/aromatic N) is 1. The summed E-state index contributed by atoms with van der Waals surface area (Å²) in [6.07, 6.45) is 7.53. The SMILES string of the molecule is C=C([C@H](CNC1CCN(C(C)C)CC1)NC1CCC(C(C)C)CC1)C(C)(C)O. The van der Waals surface area contributed by atoms with Gasteiger partial charge in [-0.25, -0.2) is 0 Å². The van der Waals surface area contributed by atoms with Crippen molar-refractivity contribution in [1.82, 2.24) is 15.5 Å². The quantitative estimate of drug-likeness (QED) is 0.519. The highest BCUT2D eigenvalue weighted by atomic mass is 16.3. The molecule has 1 aliphatic carbocycles. The average molecular weight is 394 g/mol. The molecule has 1 aliphatic heterocycles. The molecule has 0 spiro atoms. The van der Waals surface area contributed by atoms with Crippen molar-refractivity contribution >= 4 is 0 Å². The second-order valence-corrected chi connectivity index (χ2v) is 10.5. The molecule has 3 N–H and O–H groups in total. The number of rotatable bonds is 9. The molecule has 2 fully saturated rings. The lowest BCUT2D eigenvalue weighted by Crippen LogP contribution is -2.53. The largest absolute Gasteiger partial charge is 0.386 e. The fraction of sp³-hybridized carbons (Fsp3) is 0.917. The van der Waals surface area contributed by atoms with Crippen LogP contribution in [0.5, 0.6) is 0 Å². The van der Waals surface area contributed by atoms with Crippen molar-refractivity contribution in [1.29, 1.82) is 0 Å². The Bertz CT molecular complexity index is 467. The second-order valence-electron chi connectivity index (χ2n) is 10.5. The fourth-order valence-corrected chi connectivity index (χ4v) is 4.85. The van der Waals surface area contributed by atoms with Gasteiger partial charge in [-0.1, -0.05) is 20.4 Å². The predicted octanol–water partition coefficient (Wildman–Crippen LogP) is 3.95. The van der Waals surface area contributed by atoms with Gasteiger partial charge in [0.25, 0.3) is 0 Å². The maximum Gasteiger partial charge on any atom is 0.0813 e. The first kappa shape index (κ1) is 23.9. The van der Waals surface area contributed by atoms with Crippen LogP contribution in [0.1, 0.15) is 80.1 Å². The van der Waals surface area contributed by atoms with E-state index in [1.165, 1.54) is 51.6 Å². The zero-order valence-corrected chi connectivity index (χ0v) is 19.4. The first-order chi connectivity index (χ1) is 13.1. The Morgan fingerprint density at radius 3 is 2.04 bits per heavy atom. The van der Waals surface area contributed by atoms with E-state index in [4.69, 9.17) is 0 Å². The highest BCUT2D eigenvalue weighted by Crippen LogP contribution is 2.30. The maximum atomic E-state index is 10.6. The third-order valence-corrected chi connectivity index (χ3v) is 7.23. The highest BCUT2D eigenvalue weighted by Gasteiger charge is 2.30. The second kappa shape index (κ2) is 10.6. The van der Waals surface area contributed by atoms with Crippen LogP contribution >= 0.6 is 0 Å². The van der Waals surface area contributed by atoms with Crippen molar-refractivity contribution in [3.05, 3.63) is 12.2 Å². The first-order valence-corrected chi connectivity index (χ1v) is 11.7. The Hall–Kier alpha value is -0.420. The van der Waals surface area contributed by atoms with Gasteiger partial charge in [0, 0.05) is 30.7 Å². The van der Waals surface area contributed by atoms with Crippen molar-refractivity contribution in [2.75, 3.05) is 19.6 Å². The van der Waals surface area contributed by atoms with E-state index in [9.17, 15) is 5.11 Å². The lowest BCUT2D eigenvalue weighted by atomic mass is 9.79. The molecule has 0 aromatic heterocycles. The van der Waals surface area contributed by atoms with E-state index in [-0.39, 0.29) is 6.04 Å². The standard InChI is InChI=1S/C24H47N3O/c1-17(2)20-8-10-22(11-9-20)26-23(19(5)24(6,7)28)16-25-21-12-14-27(15-13-21)18(3)4/h17-18,20-23,25-26,28H,5,8-16H2,1-4,6-7H3/t20?,22?,23-/m0/s1. The topological polar surface area (TPSA) is 47.5 Å². The van der Waals surface area contributed by atoms with Gasteiger partial charge in [-0.05, 0) is 96.7 Å². The molecular weight excluding hydrogens is 346 g/mol. The summed E-state index contributed by atoms with van der Waals surface area (Å²) in [5.74, 6) is 1.67. The summed E-state index contributed by atoms with van der Waals surface area (Å²) in [6, 6.07) is 1.89. The molecule has 0 unspecified atom stereocenters. The molecule has 0 radical (unpaired) electrons. The van der Waals surface area contributed by atoms with E-state index >= 15 is 0 Å². The Morgan fingerprint density at radius 1 is 1.00 bits per heavy atom. The van der Waals surface area contributed by atoms with Crippen LogP contribution in [0.2, 0.25) is 0 Å². The van der Waals surface area contributed by atoms with E-state index < -0.39 is 5.60 Å². The van der Waals surface area contributed by atoms with E-state index in [1.54, 1.807) is 0 Å². The summed E-state index contributed by atoms with van der Waals surface area (Å²) in [5.41, 5.74) is 0.0563. The van der Waals surface area contributed by atoms with E-state index in [2.05, 4.69) is 49.8 Å². The maximum absolute atomic E-state index is 10.6. The molecule has 1 atom stereocenters. The van der Waals surface area contributed by atoms with Gasteiger partial charge in [0.05, 0.1) is 5.60 Å². The monoisotopic (exact) mass is 393 g/mol. The molecule has 2 rings (SSSR count). The number of piperidine rings is 1. The Labute approximate surface area is 174 Å². The molecule has 4 nitrogen and oxygen atoms in total. The van der Waals surface area contributed by atoms with Gasteiger partial charge in [0.15, 0.2) is 0 Å². The number of nitrogens with one attached hydrogen (secondary N) is 2. The molecule has 0 aromatic carbocycles. The van der Waals surface area contributed by atoms with E-state index in [0.29, 0.717) is 18.1 Å². The third-order valence-electron chi connectivity index (χ3n) is 7.23. The summed E-state index contributed by atoms with van der Waals surface area (Å²) in [6.45, 7) is 20.5. The zero-order chi connectivity index (χ0) is 20.9. The van der Waals surface area contributed by atoms with Crippen LogP contribution < -0.4 is 10.6 Å². The Morgan fingerprint density at radius 2 is 1.57 bits per heavy atom. The molecule has 0 amide bonds. The molecule has 28 heavy (non-hydrogen) atoms. The van der Waals surface area contributed by atoms with Crippen LogP contribution in [0, 0.1) is 11.8 Å². The number of hydrogen-bond donors (Lipinski definition) is 3. The number of aliphatic hydroxyl groups is 1. The minimum Gasteiger partial charge on any atom is -0.386 e. The lowest BCUT2D eigenvalue weighted by Gasteiger charge is -2.38. The van der Waals surface area contributed by atoms with Gasteiger partial charge in [-0.3, -0.25) is 0 Å². The van der Waals surface area contributed by atoms with Gasteiger partial charge in [-0.15, -0.1) is 0 Å². The van der Waals surface area contributed by atoms with Crippen molar-refractivity contribution in [3.63, 3.8) is 0 Å². The summed E-state index contributed by atoms with van der Waals surface area (Å²) < 4.78 is 0. The average Bonchev–Trinajstić information content (AvgIpc) is 2.64. The predicted molar refractivity (Wildman–Crippen MR) is 121 cm³/mol. The molecular formula is C24H47N3O. The van der Waals surface area contributed by atoms with Crippen molar-refractivity contribution < 1.29 is 5.11 Å². The van der Waals surface area contributed by atoms with Gasteiger partial charge < -0.3 is 20.6 Å². The molecule has 1 saturated heterocycles. The number of likely N-dealkylation sites (tertiary alicyclic amines) is 1. The van der Waals surface area contributed by atoms with E-state index in [1.807, 2.05) is 13.8 Å². The summed E-state index contributed by atoms with van der Waals surface area (Å²) >= 11 is 0. The summed E-state index contributed by atoms with van der Waals surface area (Å²) in [5, 5.41) is 18.2. The molecule has 4 heteroatoms. The molecule has 0 aromatic rings. The van der Waals surface area contributed by atoms with Gasteiger partial charge >= 0.3 is 0 Å². The van der Waals surface area contributed by atoms with Crippen LogP contribution in [0.4, 0.5) is 0 Å². The molecule has 0 bridgehead atoms. The normalized spacial score (nSPS) is 26.8. The fourth-order valence-electron chi connectivity index (χ4n) is 4.85. The smallest absolute Gasteiger partial charge is 0.0813 e. The Balaban J connectivity index is 1.87. The molecule has 1 heterocycles. The summed E-state index contributed by atoms with van der Waals surface area (Å²) in [7, 11) is 0. The lowest BCUT2D eigenvalue weighted by molar-refractivity contribution is 0.106. The van der Waals surface area contributed by atoms with Gasteiger partial charge in [0.2, 0.25) is 0 Å². The van der Waals surface area contributed by atoms with Crippen LogP contribution in [-0.2, 0) is 0 Å². The van der Waals surface area contributed by atoms with Crippen molar-refractivity contribution in [2.24, 2.45) is 11.8 Å². The first-order valence-electron chi connectivity index (χ1n) is 11.7. The van der Waals surface area contributed by atoms with Crippen LogP contribution in [-0.4, -0.2) is 59.4 Å². The van der Waals surface area contributed by atoms with E-state index in [0.717, 1.165) is 24.0 Å². The van der Waals surface area contributed by atoms with Crippen molar-refractivity contribution in [2.45, 2.75) is 110 Å². The highest BCUT2D eigenvalue weighted by molar-refractivity contribution is 5.18. The van der Waals surface area contributed by atoms with Gasteiger partial charge in [-0.2, -0.15) is 0 Å². The van der Waals surface area contributed by atoms with Gasteiger partial charge in [0.1, 0.15) is 0 Å². The van der Waals surface area contributed by atoms with Crippen molar-refractivity contribution in [3.8, 4) is 0 Å². The summed E-state index contributed by atoms with van der Waals surface area (Å²) in [4.78, 5) is 2.57. The van der Waals surface area contributed by atoms with Crippen LogP contribution in [0.25, 0.3) is 0 Å². The zero-order valence-electron chi connectivity index (χ0n) is 19.4. The minimum atomic E-state index is -0.852. The molecule has 164 valence electrons. The number of hydrogen-bond acceptors (Lipinski definition) is 4. The minimum absolute atomic E-state index is 0.128. The molecule has 1 saturated carbocycles. The third kappa shape index (κ3) is 7.12. The molecule has 2 aliphatic rings.